The van der Waals surface area contributed by atoms with Crippen molar-refractivity contribution < 1.29 is 0 Å². The molecule has 100 valence electrons. The molecule has 0 spiro atoms. The third kappa shape index (κ3) is 2.87. The Hall–Kier alpha value is -2.42. The molecule has 0 unspecified atom stereocenters. The molecule has 0 N–H and O–H groups in total. The van der Waals surface area contributed by atoms with E-state index in [9.17, 15) is 0 Å². The Labute approximate surface area is 126 Å². The summed E-state index contributed by atoms with van der Waals surface area (Å²) in [6, 6.07) is 28.9. The highest BCUT2D eigenvalue weighted by Crippen LogP contribution is 2.36. The smallest absolute Gasteiger partial charge is 0.195 e. The third-order valence-corrected chi connectivity index (χ3v) is 5.76. The first-order chi connectivity index (χ1) is 10.4. The van der Waals surface area contributed by atoms with Crippen LogP contribution in [0.2, 0.25) is 0 Å². The predicted octanol–water partition coefficient (Wildman–Crippen LogP) is 4.00. The van der Waals surface area contributed by atoms with E-state index in [2.05, 4.69) is 59.4 Å². The van der Waals surface area contributed by atoms with Crippen molar-refractivity contribution in [1.29, 1.82) is 0 Å². The van der Waals surface area contributed by atoms with Crippen LogP contribution in [0.4, 0.5) is 5.69 Å². The molecule has 0 atom stereocenters. The van der Waals surface area contributed by atoms with E-state index >= 15 is 0 Å². The molecule has 0 saturated heterocycles. The Kier molecular flexibility index (Phi) is 4.10. The van der Waals surface area contributed by atoms with Crippen LogP contribution < -0.4 is 15.9 Å². The fraction of sp³-hybridized carbons (Fsp3) is 0. The average Bonchev–Trinajstić information content (AvgIpc) is 2.58. The van der Waals surface area contributed by atoms with Gasteiger partial charge >= 0.3 is 0 Å². The molecule has 21 heavy (non-hydrogen) atoms. The zero-order valence-corrected chi connectivity index (χ0v) is 12.4. The van der Waals surface area contributed by atoms with Crippen LogP contribution >= 0.6 is 7.92 Å². The molecule has 0 radical (unpaired) electrons. The molecular weight excluding hydrogens is 273 g/mol. The second kappa shape index (κ2) is 6.35. The molecule has 0 saturated carbocycles. The minimum Gasteiger partial charge on any atom is -0.237 e. The highest BCUT2D eigenvalue weighted by molar-refractivity contribution is 7.80. The second-order valence-electron chi connectivity index (χ2n) is 4.61. The summed E-state index contributed by atoms with van der Waals surface area (Å²) in [5.41, 5.74) is 0.747. The standard InChI is InChI=1S/C19H14NP/c1-20-18-14-8-9-15-19(18)21(16-10-4-2-5-11-16)17-12-6-3-7-13-17/h2-15H. The van der Waals surface area contributed by atoms with Gasteiger partial charge in [-0.1, -0.05) is 84.9 Å². The Morgan fingerprint density at radius 3 is 1.62 bits per heavy atom. The molecule has 0 fully saturated rings. The average molecular weight is 287 g/mol. The van der Waals surface area contributed by atoms with E-state index < -0.39 is 7.92 Å². The van der Waals surface area contributed by atoms with Gasteiger partial charge in [-0.25, -0.2) is 4.85 Å². The minimum atomic E-state index is -0.686. The van der Waals surface area contributed by atoms with E-state index in [1.807, 2.05) is 30.3 Å². The van der Waals surface area contributed by atoms with Gasteiger partial charge in [0.1, 0.15) is 0 Å². The van der Waals surface area contributed by atoms with Crippen molar-refractivity contribution in [2.45, 2.75) is 0 Å². The maximum absolute atomic E-state index is 7.44. The lowest BCUT2D eigenvalue weighted by Gasteiger charge is -2.20. The minimum absolute atomic E-state index is 0.686. The van der Waals surface area contributed by atoms with Gasteiger partial charge in [-0.3, -0.25) is 0 Å². The number of benzene rings is 3. The Morgan fingerprint density at radius 1 is 0.619 bits per heavy atom. The number of hydrogen-bond acceptors (Lipinski definition) is 0. The highest BCUT2D eigenvalue weighted by Gasteiger charge is 2.18. The Bertz CT molecular complexity index is 721. The number of para-hydroxylation sites is 1. The van der Waals surface area contributed by atoms with Crippen LogP contribution in [0, 0.1) is 6.57 Å². The van der Waals surface area contributed by atoms with E-state index in [1.54, 1.807) is 0 Å². The SMILES string of the molecule is [C-]#[N+]c1ccccc1P(c1ccccc1)c1ccccc1. The maximum atomic E-state index is 7.44. The van der Waals surface area contributed by atoms with Crippen molar-refractivity contribution in [3.8, 4) is 0 Å². The molecule has 0 aliphatic rings. The van der Waals surface area contributed by atoms with Crippen LogP contribution in [0.5, 0.6) is 0 Å². The zero-order chi connectivity index (χ0) is 14.5. The van der Waals surface area contributed by atoms with E-state index in [-0.39, 0.29) is 0 Å². The Balaban J connectivity index is 2.21. The van der Waals surface area contributed by atoms with Gasteiger partial charge < -0.3 is 0 Å². The molecule has 0 aliphatic heterocycles. The van der Waals surface area contributed by atoms with Gasteiger partial charge in [0.25, 0.3) is 0 Å². The largest absolute Gasteiger partial charge is 0.237 e. The van der Waals surface area contributed by atoms with Crippen LogP contribution in [0.3, 0.4) is 0 Å². The van der Waals surface area contributed by atoms with Crippen LogP contribution in [0.1, 0.15) is 0 Å². The summed E-state index contributed by atoms with van der Waals surface area (Å²) < 4.78 is 0. The number of rotatable bonds is 3. The van der Waals surface area contributed by atoms with Crippen LogP contribution in [-0.2, 0) is 0 Å². The zero-order valence-electron chi connectivity index (χ0n) is 11.5. The van der Waals surface area contributed by atoms with Gasteiger partial charge in [0.2, 0.25) is 0 Å². The second-order valence-corrected chi connectivity index (χ2v) is 6.79. The van der Waals surface area contributed by atoms with E-state index in [4.69, 9.17) is 6.57 Å². The van der Waals surface area contributed by atoms with Crippen molar-refractivity contribution in [2.75, 3.05) is 0 Å². The van der Waals surface area contributed by atoms with Gasteiger partial charge in [0, 0.05) is 0 Å². The van der Waals surface area contributed by atoms with Crippen LogP contribution in [0.15, 0.2) is 84.9 Å². The first kappa shape index (κ1) is 13.6. The van der Waals surface area contributed by atoms with E-state index in [1.165, 1.54) is 10.6 Å². The summed E-state index contributed by atoms with van der Waals surface area (Å²) in [4.78, 5) is 3.71. The molecule has 3 aromatic rings. The maximum Gasteiger partial charge on any atom is 0.195 e. The lowest BCUT2D eigenvalue weighted by Crippen LogP contribution is -2.20. The molecule has 3 aromatic carbocycles. The topological polar surface area (TPSA) is 4.36 Å². The Morgan fingerprint density at radius 2 is 1.10 bits per heavy atom. The number of hydrogen-bond donors (Lipinski definition) is 0. The fourth-order valence-electron chi connectivity index (χ4n) is 2.33. The van der Waals surface area contributed by atoms with Gasteiger partial charge in [-0.15, -0.1) is 0 Å². The molecule has 0 aliphatic carbocycles. The summed E-state index contributed by atoms with van der Waals surface area (Å²) in [6.45, 7) is 7.44. The summed E-state index contributed by atoms with van der Waals surface area (Å²) in [5.74, 6) is 0. The van der Waals surface area contributed by atoms with Crippen molar-refractivity contribution in [3.63, 3.8) is 0 Å². The van der Waals surface area contributed by atoms with Crippen molar-refractivity contribution >= 4 is 29.5 Å². The number of nitrogens with zero attached hydrogens (tertiary/aromatic N) is 1. The molecule has 0 heterocycles. The predicted molar refractivity (Wildman–Crippen MR) is 91.4 cm³/mol. The molecule has 0 bridgehead atoms. The lowest BCUT2D eigenvalue weighted by molar-refractivity contribution is 1.74. The fourth-order valence-corrected chi connectivity index (χ4v) is 4.71. The summed E-state index contributed by atoms with van der Waals surface area (Å²) in [6.07, 6.45) is 0. The third-order valence-electron chi connectivity index (χ3n) is 3.27. The quantitative estimate of drug-likeness (QED) is 0.506. The van der Waals surface area contributed by atoms with E-state index in [0.29, 0.717) is 0 Å². The molecule has 2 heteroatoms. The first-order valence-electron chi connectivity index (χ1n) is 6.77. The van der Waals surface area contributed by atoms with Gasteiger partial charge in [-0.05, 0) is 23.8 Å². The highest BCUT2D eigenvalue weighted by atomic mass is 31.1. The summed E-state index contributed by atoms with van der Waals surface area (Å²) in [7, 11) is -0.686. The normalized spacial score (nSPS) is 10.3. The molecular formula is C19H14NP. The molecule has 0 aromatic heterocycles. The molecule has 1 nitrogen and oxygen atoms in total. The summed E-state index contributed by atoms with van der Waals surface area (Å²) in [5, 5.41) is 3.67. The molecule has 0 amide bonds. The summed E-state index contributed by atoms with van der Waals surface area (Å²) >= 11 is 0. The van der Waals surface area contributed by atoms with E-state index in [0.717, 1.165) is 11.0 Å². The molecule has 3 rings (SSSR count). The van der Waals surface area contributed by atoms with Crippen LogP contribution in [0.25, 0.3) is 4.85 Å². The van der Waals surface area contributed by atoms with Crippen molar-refractivity contribution in [1.82, 2.24) is 0 Å². The van der Waals surface area contributed by atoms with Gasteiger partial charge in [0.05, 0.1) is 6.57 Å². The van der Waals surface area contributed by atoms with Gasteiger partial charge in [-0.2, -0.15) is 0 Å². The lowest BCUT2D eigenvalue weighted by atomic mass is 10.3. The monoisotopic (exact) mass is 287 g/mol. The van der Waals surface area contributed by atoms with Crippen molar-refractivity contribution in [3.05, 3.63) is 96.3 Å². The first-order valence-corrected chi connectivity index (χ1v) is 8.11. The van der Waals surface area contributed by atoms with Crippen molar-refractivity contribution in [2.24, 2.45) is 0 Å². The van der Waals surface area contributed by atoms with Crippen LogP contribution in [-0.4, -0.2) is 0 Å². The van der Waals surface area contributed by atoms with Gasteiger partial charge in [0.15, 0.2) is 5.69 Å².